The molecule has 0 fully saturated rings. The summed E-state index contributed by atoms with van der Waals surface area (Å²) >= 11 is 0. The molecular weight excluding hydrogens is 224 g/mol. The summed E-state index contributed by atoms with van der Waals surface area (Å²) in [5.74, 6) is -1.47. The normalized spacial score (nSPS) is 12.2. The number of aliphatic carboxylic acids is 1. The number of carboxylic acid groups (broad SMARTS) is 1. The molecule has 1 atom stereocenters. The number of aromatic nitrogens is 2. The Labute approximate surface area is 98.0 Å². The fraction of sp³-hybridized carbons (Fsp3) is 0.400. The molecule has 0 aromatic carbocycles. The summed E-state index contributed by atoms with van der Waals surface area (Å²) in [6, 6.07) is 2.09. The molecule has 0 saturated carbocycles. The predicted octanol–water partition coefficient (Wildman–Crippen LogP) is 0.0966. The molecular formula is C10H14N4O3. The van der Waals surface area contributed by atoms with Crippen LogP contribution in [0, 0.1) is 5.92 Å². The molecule has 0 saturated heterocycles. The minimum atomic E-state index is -0.972. The van der Waals surface area contributed by atoms with Crippen molar-refractivity contribution < 1.29 is 14.7 Å². The molecule has 92 valence electrons. The number of anilines is 1. The maximum atomic E-state index is 10.9. The smallest absolute Gasteiger partial charge is 0.326 e. The first kappa shape index (κ1) is 12.9. The zero-order chi connectivity index (χ0) is 13.0. The van der Waals surface area contributed by atoms with E-state index >= 15 is 0 Å². The SMILES string of the molecule is CC(C)C(Nc1ccc(C(N)=O)nn1)C(=O)O. The zero-order valence-corrected chi connectivity index (χ0v) is 9.54. The number of hydrogen-bond donors (Lipinski definition) is 3. The summed E-state index contributed by atoms with van der Waals surface area (Å²) in [6.07, 6.45) is 0. The van der Waals surface area contributed by atoms with E-state index in [1.807, 2.05) is 0 Å². The zero-order valence-electron chi connectivity index (χ0n) is 9.54. The Morgan fingerprint density at radius 2 is 2.00 bits per heavy atom. The summed E-state index contributed by atoms with van der Waals surface area (Å²) in [5.41, 5.74) is 5.04. The molecule has 0 bridgehead atoms. The van der Waals surface area contributed by atoms with E-state index in [1.165, 1.54) is 12.1 Å². The van der Waals surface area contributed by atoms with E-state index in [9.17, 15) is 9.59 Å². The van der Waals surface area contributed by atoms with E-state index in [-0.39, 0.29) is 17.4 Å². The number of rotatable bonds is 5. The molecule has 1 aromatic rings. The van der Waals surface area contributed by atoms with Crippen molar-refractivity contribution in [3.05, 3.63) is 17.8 Å². The van der Waals surface area contributed by atoms with Crippen LogP contribution < -0.4 is 11.1 Å². The number of primary amides is 1. The number of carbonyl (C=O) groups is 2. The molecule has 0 spiro atoms. The predicted molar refractivity (Wildman–Crippen MR) is 60.4 cm³/mol. The quantitative estimate of drug-likeness (QED) is 0.669. The van der Waals surface area contributed by atoms with Gasteiger partial charge in [-0.25, -0.2) is 4.79 Å². The Balaban J connectivity index is 2.80. The van der Waals surface area contributed by atoms with E-state index in [1.54, 1.807) is 13.8 Å². The first-order chi connectivity index (χ1) is 7.91. The fourth-order valence-electron chi connectivity index (χ4n) is 1.21. The highest BCUT2D eigenvalue weighted by Crippen LogP contribution is 2.10. The summed E-state index contributed by atoms with van der Waals surface area (Å²) in [4.78, 5) is 21.7. The van der Waals surface area contributed by atoms with Gasteiger partial charge in [0.2, 0.25) is 0 Å². The molecule has 0 aliphatic rings. The second-order valence-electron chi connectivity index (χ2n) is 3.87. The van der Waals surface area contributed by atoms with Crippen LogP contribution in [-0.2, 0) is 4.79 Å². The lowest BCUT2D eigenvalue weighted by Gasteiger charge is -2.17. The molecule has 1 unspecified atom stereocenters. The second kappa shape index (κ2) is 5.24. The number of nitrogens with one attached hydrogen (secondary N) is 1. The van der Waals surface area contributed by atoms with Crippen molar-refractivity contribution in [1.82, 2.24) is 10.2 Å². The maximum absolute atomic E-state index is 10.9. The number of hydrogen-bond acceptors (Lipinski definition) is 5. The molecule has 0 aliphatic carbocycles. The third-order valence-corrected chi connectivity index (χ3v) is 2.15. The van der Waals surface area contributed by atoms with Crippen LogP contribution in [0.2, 0.25) is 0 Å². The molecule has 0 aliphatic heterocycles. The van der Waals surface area contributed by atoms with Crippen molar-refractivity contribution >= 4 is 17.7 Å². The summed E-state index contributed by atoms with van der Waals surface area (Å²) < 4.78 is 0. The number of amides is 1. The number of carboxylic acids is 1. The van der Waals surface area contributed by atoms with Crippen LogP contribution in [0.1, 0.15) is 24.3 Å². The summed E-state index contributed by atoms with van der Waals surface area (Å²) in [7, 11) is 0. The largest absolute Gasteiger partial charge is 0.480 e. The first-order valence-corrected chi connectivity index (χ1v) is 5.04. The second-order valence-corrected chi connectivity index (χ2v) is 3.87. The third-order valence-electron chi connectivity index (χ3n) is 2.15. The van der Waals surface area contributed by atoms with Gasteiger partial charge in [0.25, 0.3) is 5.91 Å². The van der Waals surface area contributed by atoms with Crippen LogP contribution in [-0.4, -0.2) is 33.2 Å². The van der Waals surface area contributed by atoms with Gasteiger partial charge in [0.15, 0.2) is 5.69 Å². The highest BCUT2D eigenvalue weighted by molar-refractivity contribution is 5.90. The lowest BCUT2D eigenvalue weighted by molar-refractivity contribution is -0.138. The Hall–Kier alpha value is -2.18. The van der Waals surface area contributed by atoms with Gasteiger partial charge in [-0.2, -0.15) is 0 Å². The number of nitrogens with two attached hydrogens (primary N) is 1. The van der Waals surface area contributed by atoms with Gasteiger partial charge in [0.1, 0.15) is 11.9 Å². The van der Waals surface area contributed by atoms with Gasteiger partial charge in [0.05, 0.1) is 0 Å². The topological polar surface area (TPSA) is 118 Å². The molecule has 4 N–H and O–H groups in total. The van der Waals surface area contributed by atoms with Crippen molar-refractivity contribution in [2.24, 2.45) is 11.7 Å². The monoisotopic (exact) mass is 238 g/mol. The molecule has 1 amide bonds. The van der Waals surface area contributed by atoms with Gasteiger partial charge >= 0.3 is 5.97 Å². The first-order valence-electron chi connectivity index (χ1n) is 5.04. The Bertz CT molecular complexity index is 416. The molecule has 7 heteroatoms. The average Bonchev–Trinajstić information content (AvgIpc) is 2.25. The van der Waals surface area contributed by atoms with Crippen LogP contribution in [0.5, 0.6) is 0 Å². The van der Waals surface area contributed by atoms with Crippen LogP contribution in [0.25, 0.3) is 0 Å². The third kappa shape index (κ3) is 3.40. The lowest BCUT2D eigenvalue weighted by Crippen LogP contribution is -2.34. The van der Waals surface area contributed by atoms with Gasteiger partial charge in [-0.15, -0.1) is 10.2 Å². The molecule has 7 nitrogen and oxygen atoms in total. The highest BCUT2D eigenvalue weighted by Gasteiger charge is 2.21. The molecule has 1 rings (SSSR count). The number of nitrogens with zero attached hydrogens (tertiary/aromatic N) is 2. The maximum Gasteiger partial charge on any atom is 0.326 e. The van der Waals surface area contributed by atoms with Crippen molar-refractivity contribution in [3.8, 4) is 0 Å². The van der Waals surface area contributed by atoms with E-state index < -0.39 is 17.9 Å². The van der Waals surface area contributed by atoms with Crippen molar-refractivity contribution in [3.63, 3.8) is 0 Å². The van der Waals surface area contributed by atoms with Gasteiger partial charge in [-0.05, 0) is 18.1 Å². The van der Waals surface area contributed by atoms with E-state index in [0.29, 0.717) is 0 Å². The highest BCUT2D eigenvalue weighted by atomic mass is 16.4. The van der Waals surface area contributed by atoms with E-state index in [4.69, 9.17) is 10.8 Å². The minimum absolute atomic E-state index is 0.0342. The van der Waals surface area contributed by atoms with Crippen molar-refractivity contribution in [2.45, 2.75) is 19.9 Å². The summed E-state index contributed by atoms with van der Waals surface area (Å²) in [5, 5.41) is 18.9. The van der Waals surface area contributed by atoms with Crippen LogP contribution in [0.3, 0.4) is 0 Å². The van der Waals surface area contributed by atoms with Gasteiger partial charge in [-0.3, -0.25) is 4.79 Å². The van der Waals surface area contributed by atoms with Crippen LogP contribution >= 0.6 is 0 Å². The van der Waals surface area contributed by atoms with Gasteiger partial charge in [0, 0.05) is 0 Å². The van der Waals surface area contributed by atoms with Crippen LogP contribution in [0.4, 0.5) is 5.82 Å². The molecule has 17 heavy (non-hydrogen) atoms. The van der Waals surface area contributed by atoms with Crippen molar-refractivity contribution in [2.75, 3.05) is 5.32 Å². The number of carbonyl (C=O) groups excluding carboxylic acids is 1. The standard InChI is InChI=1S/C10H14N4O3/c1-5(2)8(10(16)17)12-7-4-3-6(9(11)15)13-14-7/h3-5,8H,1-2H3,(H2,11,15)(H,12,14)(H,16,17). The lowest BCUT2D eigenvalue weighted by atomic mass is 10.1. The molecule has 1 aromatic heterocycles. The van der Waals surface area contributed by atoms with E-state index in [2.05, 4.69) is 15.5 Å². The average molecular weight is 238 g/mol. The van der Waals surface area contributed by atoms with E-state index in [0.717, 1.165) is 0 Å². The van der Waals surface area contributed by atoms with Gasteiger partial charge in [-0.1, -0.05) is 13.8 Å². The van der Waals surface area contributed by atoms with Crippen LogP contribution in [0.15, 0.2) is 12.1 Å². The molecule has 1 heterocycles. The fourth-order valence-corrected chi connectivity index (χ4v) is 1.21. The Morgan fingerprint density at radius 3 is 2.35 bits per heavy atom. The Kier molecular flexibility index (Phi) is 3.97. The minimum Gasteiger partial charge on any atom is -0.480 e. The molecule has 0 radical (unpaired) electrons. The summed E-state index contributed by atoms with van der Waals surface area (Å²) in [6.45, 7) is 3.55. The Morgan fingerprint density at radius 1 is 1.35 bits per heavy atom. The van der Waals surface area contributed by atoms with Gasteiger partial charge < -0.3 is 16.2 Å². The van der Waals surface area contributed by atoms with Crippen molar-refractivity contribution in [1.29, 1.82) is 0 Å².